The molecule has 1 heterocycles. The van der Waals surface area contributed by atoms with Crippen LogP contribution in [0.15, 0.2) is 18.5 Å². The highest BCUT2D eigenvalue weighted by Gasteiger charge is 2.16. The minimum atomic E-state index is -0.709. The first-order chi connectivity index (χ1) is 9.58. The molecule has 1 aromatic carbocycles. The van der Waals surface area contributed by atoms with Gasteiger partial charge in [-0.3, -0.25) is 0 Å². The lowest BCUT2D eigenvalue weighted by Gasteiger charge is -2.14. The van der Waals surface area contributed by atoms with Crippen molar-refractivity contribution in [2.24, 2.45) is 0 Å². The fourth-order valence-electron chi connectivity index (χ4n) is 1.72. The number of ether oxygens (including phenoxy) is 1. The van der Waals surface area contributed by atoms with Crippen molar-refractivity contribution >= 4 is 17.3 Å². The zero-order valence-electron chi connectivity index (χ0n) is 11.3. The molecule has 0 atom stereocenters. The summed E-state index contributed by atoms with van der Waals surface area (Å²) in [6.45, 7) is 1.55. The maximum atomic E-state index is 14.0. The highest BCUT2D eigenvalue weighted by molar-refractivity contribution is 5.70. The van der Waals surface area contributed by atoms with Gasteiger partial charge in [0.2, 0.25) is 5.75 Å². The number of nitrogens with one attached hydrogen (secondary N) is 2. The lowest BCUT2D eigenvalue weighted by Crippen LogP contribution is -2.06. The number of halogens is 2. The zero-order chi connectivity index (χ0) is 14.7. The van der Waals surface area contributed by atoms with E-state index in [1.807, 2.05) is 0 Å². The van der Waals surface area contributed by atoms with Gasteiger partial charge in [-0.2, -0.15) is 0 Å². The summed E-state index contributed by atoms with van der Waals surface area (Å²) in [5.74, 6) is -0.513. The van der Waals surface area contributed by atoms with Gasteiger partial charge in [0.1, 0.15) is 17.8 Å². The molecule has 5 nitrogen and oxygen atoms in total. The number of nitrogens with zero attached hydrogens (tertiary/aromatic N) is 2. The van der Waals surface area contributed by atoms with Crippen molar-refractivity contribution in [3.05, 3.63) is 35.7 Å². The molecule has 2 N–H and O–H groups in total. The summed E-state index contributed by atoms with van der Waals surface area (Å²) in [6, 6.07) is 2.56. The van der Waals surface area contributed by atoms with Crippen LogP contribution in [-0.4, -0.2) is 24.1 Å². The van der Waals surface area contributed by atoms with Crippen LogP contribution in [-0.2, 0) is 0 Å². The molecule has 106 valence electrons. The van der Waals surface area contributed by atoms with E-state index in [1.165, 1.54) is 25.6 Å². The summed E-state index contributed by atoms with van der Waals surface area (Å²) in [5, 5.41) is 5.42. The van der Waals surface area contributed by atoms with E-state index < -0.39 is 11.6 Å². The molecule has 1 aromatic heterocycles. The number of aryl methyl sites for hydroxylation is 1. The summed E-state index contributed by atoms with van der Waals surface area (Å²) in [7, 11) is 3.08. The first kappa shape index (κ1) is 14.0. The highest BCUT2D eigenvalue weighted by Crippen LogP contribution is 2.33. The average molecular weight is 280 g/mol. The Labute approximate surface area is 115 Å². The van der Waals surface area contributed by atoms with Crippen molar-refractivity contribution in [1.29, 1.82) is 0 Å². The molecule has 0 aliphatic rings. The van der Waals surface area contributed by atoms with Crippen LogP contribution in [0, 0.1) is 18.6 Å². The number of anilines is 3. The molecule has 0 saturated heterocycles. The summed E-state index contributed by atoms with van der Waals surface area (Å²) in [4.78, 5) is 7.90. The normalized spacial score (nSPS) is 10.2. The van der Waals surface area contributed by atoms with Gasteiger partial charge >= 0.3 is 0 Å². The molecule has 0 spiro atoms. The maximum Gasteiger partial charge on any atom is 0.204 e. The second-order valence-electron chi connectivity index (χ2n) is 4.03. The largest absolute Gasteiger partial charge is 0.490 e. The van der Waals surface area contributed by atoms with Gasteiger partial charge in [0.05, 0.1) is 7.11 Å². The number of methoxy groups -OCH3 is 1. The van der Waals surface area contributed by atoms with Crippen molar-refractivity contribution in [2.45, 2.75) is 6.92 Å². The Kier molecular flexibility index (Phi) is 3.97. The van der Waals surface area contributed by atoms with Gasteiger partial charge in [0, 0.05) is 7.05 Å². The number of hydrogen-bond acceptors (Lipinski definition) is 5. The fraction of sp³-hybridized carbons (Fsp3) is 0.231. The lowest BCUT2D eigenvalue weighted by molar-refractivity contribution is 0.415. The quantitative estimate of drug-likeness (QED) is 0.901. The third-order valence-corrected chi connectivity index (χ3v) is 2.77. The van der Waals surface area contributed by atoms with E-state index in [4.69, 9.17) is 4.74 Å². The van der Waals surface area contributed by atoms with Gasteiger partial charge in [-0.05, 0) is 18.6 Å². The van der Waals surface area contributed by atoms with Crippen LogP contribution in [0.1, 0.15) is 5.56 Å². The van der Waals surface area contributed by atoms with Gasteiger partial charge < -0.3 is 15.4 Å². The van der Waals surface area contributed by atoms with Gasteiger partial charge in [0.15, 0.2) is 17.5 Å². The molecule has 0 aliphatic carbocycles. The molecule has 0 aliphatic heterocycles. The second-order valence-corrected chi connectivity index (χ2v) is 4.03. The van der Waals surface area contributed by atoms with Crippen molar-refractivity contribution in [1.82, 2.24) is 9.97 Å². The molecule has 0 amide bonds. The molecule has 0 unspecified atom stereocenters. The van der Waals surface area contributed by atoms with Crippen LogP contribution in [0.25, 0.3) is 0 Å². The Balaban J connectivity index is 2.48. The van der Waals surface area contributed by atoms with Crippen LogP contribution in [0.4, 0.5) is 26.1 Å². The van der Waals surface area contributed by atoms with E-state index in [-0.39, 0.29) is 17.3 Å². The van der Waals surface area contributed by atoms with E-state index in [9.17, 15) is 8.78 Å². The van der Waals surface area contributed by atoms with Crippen molar-refractivity contribution in [3.8, 4) is 5.75 Å². The van der Waals surface area contributed by atoms with Crippen LogP contribution >= 0.6 is 0 Å². The minimum Gasteiger partial charge on any atom is -0.490 e. The summed E-state index contributed by atoms with van der Waals surface area (Å²) >= 11 is 0. The monoisotopic (exact) mass is 280 g/mol. The molecular weight excluding hydrogens is 266 g/mol. The topological polar surface area (TPSA) is 59.1 Å². The predicted octanol–water partition coefficient (Wildman–Crippen LogP) is 2.86. The first-order valence-electron chi connectivity index (χ1n) is 5.86. The SMILES string of the molecule is CNc1ncnc(Nc2c(F)ccc(C)c2F)c1OC. The third-order valence-electron chi connectivity index (χ3n) is 2.77. The average Bonchev–Trinajstić information content (AvgIpc) is 2.47. The van der Waals surface area contributed by atoms with Crippen LogP contribution in [0.5, 0.6) is 5.75 Å². The van der Waals surface area contributed by atoms with Crippen LogP contribution < -0.4 is 15.4 Å². The van der Waals surface area contributed by atoms with Crippen LogP contribution in [0.2, 0.25) is 0 Å². The first-order valence-corrected chi connectivity index (χ1v) is 5.86. The van der Waals surface area contributed by atoms with Gasteiger partial charge in [-0.15, -0.1) is 0 Å². The van der Waals surface area contributed by atoms with Gasteiger partial charge in [-0.1, -0.05) is 6.07 Å². The zero-order valence-corrected chi connectivity index (χ0v) is 11.3. The van der Waals surface area contributed by atoms with Crippen molar-refractivity contribution in [2.75, 3.05) is 24.8 Å². The van der Waals surface area contributed by atoms with E-state index in [0.29, 0.717) is 11.4 Å². The minimum absolute atomic E-state index is 0.176. The molecule has 2 aromatic rings. The van der Waals surface area contributed by atoms with Gasteiger partial charge in [-0.25, -0.2) is 18.7 Å². The standard InChI is InChI=1S/C13H14F2N4O/c1-7-4-5-8(14)10(9(7)15)19-13-11(20-3)12(16-2)17-6-18-13/h4-6H,1-3H3,(H2,16,17,18,19). The van der Waals surface area contributed by atoms with E-state index in [0.717, 1.165) is 0 Å². The maximum absolute atomic E-state index is 14.0. The Hall–Kier alpha value is -2.44. The number of rotatable bonds is 4. The number of benzene rings is 1. The number of aromatic nitrogens is 2. The summed E-state index contributed by atoms with van der Waals surface area (Å²) in [6.07, 6.45) is 1.27. The molecule has 0 saturated carbocycles. The molecule has 20 heavy (non-hydrogen) atoms. The van der Waals surface area contributed by atoms with Crippen LogP contribution in [0.3, 0.4) is 0 Å². The molecular formula is C13H14F2N4O. The highest BCUT2D eigenvalue weighted by atomic mass is 19.1. The van der Waals surface area contributed by atoms with Gasteiger partial charge in [0.25, 0.3) is 0 Å². The summed E-state index contributed by atoms with van der Waals surface area (Å²) < 4.78 is 32.9. The third kappa shape index (κ3) is 2.47. The molecule has 0 bridgehead atoms. The Bertz CT molecular complexity index is 634. The van der Waals surface area contributed by atoms with E-state index in [2.05, 4.69) is 20.6 Å². The molecule has 0 radical (unpaired) electrons. The van der Waals surface area contributed by atoms with Crippen molar-refractivity contribution in [3.63, 3.8) is 0 Å². The van der Waals surface area contributed by atoms with Crippen molar-refractivity contribution < 1.29 is 13.5 Å². The molecule has 7 heteroatoms. The predicted molar refractivity (Wildman–Crippen MR) is 72.5 cm³/mol. The van der Waals surface area contributed by atoms with E-state index in [1.54, 1.807) is 14.0 Å². The lowest BCUT2D eigenvalue weighted by atomic mass is 10.2. The van der Waals surface area contributed by atoms with E-state index >= 15 is 0 Å². The fourth-order valence-corrected chi connectivity index (χ4v) is 1.72. The molecule has 0 fully saturated rings. The summed E-state index contributed by atoms with van der Waals surface area (Å²) in [5.41, 5.74) is 0.0554. The number of hydrogen-bond donors (Lipinski definition) is 2. The molecule has 2 rings (SSSR count). The second kappa shape index (κ2) is 5.68. The smallest absolute Gasteiger partial charge is 0.204 e. The Morgan fingerprint density at radius 1 is 1.15 bits per heavy atom. The Morgan fingerprint density at radius 3 is 2.50 bits per heavy atom. The Morgan fingerprint density at radius 2 is 1.85 bits per heavy atom.